The number of hydrogen-bond donors (Lipinski definition) is 5. The molecule has 0 aliphatic carbocycles. The molecule has 0 bridgehead atoms. The van der Waals surface area contributed by atoms with Crippen molar-refractivity contribution in [1.29, 1.82) is 0 Å². The van der Waals surface area contributed by atoms with Gasteiger partial charge in [0, 0.05) is 24.1 Å². The summed E-state index contributed by atoms with van der Waals surface area (Å²) in [4.78, 5) is 0. The second-order valence-corrected chi connectivity index (χ2v) is 6.88. The van der Waals surface area contributed by atoms with Crippen LogP contribution in [-0.2, 0) is 9.47 Å². The first-order chi connectivity index (χ1) is 12.6. The van der Waals surface area contributed by atoms with E-state index in [1.165, 1.54) is 6.42 Å². The van der Waals surface area contributed by atoms with Crippen LogP contribution in [0.25, 0.3) is 0 Å². The van der Waals surface area contributed by atoms with Crippen molar-refractivity contribution in [1.82, 2.24) is 0 Å². The van der Waals surface area contributed by atoms with E-state index in [-0.39, 0.29) is 19.3 Å². The predicted molar refractivity (Wildman–Crippen MR) is 97.3 cm³/mol. The van der Waals surface area contributed by atoms with Crippen LogP contribution in [0.5, 0.6) is 0 Å². The number of aliphatic hydroxyl groups is 4. The summed E-state index contributed by atoms with van der Waals surface area (Å²) < 4.78 is 10.7. The number of hydrogen-bond acceptors (Lipinski definition) is 7. The van der Waals surface area contributed by atoms with Crippen LogP contribution in [0, 0.1) is 17.8 Å². The van der Waals surface area contributed by atoms with Crippen molar-refractivity contribution >= 4 is 5.69 Å². The number of nitrogens with one attached hydrogen (secondary N) is 1. The van der Waals surface area contributed by atoms with Gasteiger partial charge in [0.1, 0.15) is 6.23 Å². The summed E-state index contributed by atoms with van der Waals surface area (Å²) in [5.74, 6) is 0.799. The average molecular weight is 620 g/mol. The first-order valence-electron chi connectivity index (χ1n) is 9.19. The van der Waals surface area contributed by atoms with Crippen molar-refractivity contribution in [2.75, 3.05) is 31.7 Å². The van der Waals surface area contributed by atoms with Gasteiger partial charge in [0.15, 0.2) is 6.29 Å². The molecule has 7 nitrogen and oxygen atoms in total. The summed E-state index contributed by atoms with van der Waals surface area (Å²) in [7, 11) is 0. The van der Waals surface area contributed by atoms with Gasteiger partial charge in [-0.25, -0.2) is 0 Å². The maximum absolute atomic E-state index is 9.90. The molecule has 27 heavy (non-hydrogen) atoms. The molecule has 158 valence electrons. The van der Waals surface area contributed by atoms with Gasteiger partial charge in [-0.3, -0.25) is 0 Å². The van der Waals surface area contributed by atoms with E-state index in [9.17, 15) is 10.2 Å². The van der Waals surface area contributed by atoms with Crippen molar-refractivity contribution in [2.45, 2.75) is 38.4 Å². The van der Waals surface area contributed by atoms with Gasteiger partial charge in [0.2, 0.25) is 0 Å². The molecule has 3 rings (SSSR count). The van der Waals surface area contributed by atoms with Gasteiger partial charge in [0.05, 0.1) is 25.9 Å². The smallest absolute Gasteiger partial charge is 0.160 e. The van der Waals surface area contributed by atoms with E-state index >= 15 is 0 Å². The van der Waals surface area contributed by atoms with Crippen LogP contribution in [0.3, 0.4) is 0 Å². The van der Waals surface area contributed by atoms with Crippen LogP contribution >= 0.6 is 0 Å². The van der Waals surface area contributed by atoms with E-state index in [0.29, 0.717) is 11.6 Å². The fourth-order valence-corrected chi connectivity index (χ4v) is 3.33. The fraction of sp³-hybridized carbons (Fsp3) is 0.684. The third-order valence-electron chi connectivity index (χ3n) is 4.97. The fourth-order valence-electron chi connectivity index (χ4n) is 3.33. The van der Waals surface area contributed by atoms with E-state index in [0.717, 1.165) is 19.1 Å². The predicted octanol–water partition coefficient (Wildman–Crippen LogP) is 0.784. The molecule has 2 saturated heterocycles. The number of fused-ring (bicyclic) bond motifs is 1. The van der Waals surface area contributed by atoms with Crippen molar-refractivity contribution in [2.24, 2.45) is 17.8 Å². The first kappa shape index (κ1) is 22.8. The molecule has 6 atom stereocenters. The van der Waals surface area contributed by atoms with Crippen molar-refractivity contribution < 1.29 is 29.9 Å². The second kappa shape index (κ2) is 11.5. The topological polar surface area (TPSA) is 111 Å². The van der Waals surface area contributed by atoms with Crippen molar-refractivity contribution in [3.63, 3.8) is 0 Å². The average Bonchev–Trinajstić information content (AvgIpc) is 3.26. The third-order valence-corrected chi connectivity index (χ3v) is 4.97. The Kier molecular flexibility index (Phi) is 9.71. The molecule has 0 aromatic heterocycles. The summed E-state index contributed by atoms with van der Waals surface area (Å²) in [6.07, 6.45) is -0.519. The summed E-state index contributed by atoms with van der Waals surface area (Å²) >= 11 is 0. The molecule has 1 unspecified atom stereocenters. The molecule has 0 saturated carbocycles. The Balaban J connectivity index is 0.000000304. The number of aliphatic hydroxyl groups excluding tert-OH is 4. The number of rotatable bonds is 7. The standard InChI is InChI=1S/C12H19NO4.C7H12O2.Cf/c14-7-6-10(11(16)8-15)12(17)13-9-4-2-1-3-5-9;1-5-4-9-7-6(5)2-3-8-7;/h1-5,10-17H,6-8H2;5-7H,2-4H2,1H3;/t10-,11-,12?;5-,6-,7+;/m00./s1. The Labute approximate surface area is 154 Å². The van der Waals surface area contributed by atoms with Crippen molar-refractivity contribution in [3.05, 3.63) is 30.3 Å². The Morgan fingerprint density at radius 3 is 2.44 bits per heavy atom. The number of anilines is 1. The van der Waals surface area contributed by atoms with Gasteiger partial charge in [-0.2, -0.15) is 0 Å². The Hall–Kier alpha value is -2.22. The van der Waals surface area contributed by atoms with Crippen LogP contribution in [0.4, 0.5) is 5.69 Å². The SMILES string of the molecule is C[C@H]1CO[C@H]2OCC[C@H]21.OCC[C@H](C(O)Nc1ccccc1)[C@@H](O)CO.[Cf]. The monoisotopic (exact) mass is 618 g/mol. The zero-order valence-corrected chi connectivity index (χ0v) is 18.1. The van der Waals surface area contributed by atoms with Crippen molar-refractivity contribution in [3.8, 4) is 0 Å². The zero-order chi connectivity index (χ0) is 18.9. The van der Waals surface area contributed by atoms with Crippen LogP contribution in [0.2, 0.25) is 0 Å². The minimum Gasteiger partial charge on any atom is -0.396 e. The molecule has 1 aromatic carbocycles. The Morgan fingerprint density at radius 1 is 1.15 bits per heavy atom. The molecule has 2 aliphatic heterocycles. The Bertz CT molecular complexity index is 508. The summed E-state index contributed by atoms with van der Waals surface area (Å²) in [5.41, 5.74) is 0.716. The molecule has 1 aromatic rings. The summed E-state index contributed by atoms with van der Waals surface area (Å²) in [5, 5.41) is 40.0. The largest absolute Gasteiger partial charge is 0.396 e. The van der Waals surface area contributed by atoms with E-state index in [1.807, 2.05) is 18.2 Å². The van der Waals surface area contributed by atoms with E-state index < -0.39 is 24.9 Å². The molecular weight excluding hydrogens is 589 g/mol. The summed E-state index contributed by atoms with van der Waals surface area (Å²) in [6.45, 7) is 3.43. The quantitative estimate of drug-likeness (QED) is 0.287. The molecule has 5 N–H and O–H groups in total. The van der Waals surface area contributed by atoms with Crippen LogP contribution < -0.4 is 5.32 Å². The molecule has 2 aliphatic rings. The summed E-state index contributed by atoms with van der Waals surface area (Å²) in [6, 6.07) is 9.05. The zero-order valence-electron chi connectivity index (χ0n) is 15.5. The Morgan fingerprint density at radius 2 is 1.85 bits per heavy atom. The third kappa shape index (κ3) is 6.46. The maximum atomic E-state index is 9.90. The number of para-hydroxylation sites is 1. The maximum Gasteiger partial charge on any atom is 0.160 e. The minimum atomic E-state index is -1.06. The van der Waals surface area contributed by atoms with Crippen LogP contribution in [0.1, 0.15) is 19.8 Å². The van der Waals surface area contributed by atoms with Gasteiger partial charge in [0.25, 0.3) is 0 Å². The molecule has 0 radical (unpaired) electrons. The van der Waals surface area contributed by atoms with Gasteiger partial charge in [-0.15, -0.1) is 0 Å². The molecule has 8 heteroatoms. The molecule has 2 heterocycles. The van der Waals surface area contributed by atoms with E-state index in [2.05, 4.69) is 12.2 Å². The van der Waals surface area contributed by atoms with Crippen LogP contribution in [-0.4, -0.2) is 65.5 Å². The minimum absolute atomic E-state index is 0. The van der Waals surface area contributed by atoms with Gasteiger partial charge < -0.3 is 35.2 Å². The molecular formula is C19H31CfNO6. The van der Waals surface area contributed by atoms with Crippen LogP contribution in [0.15, 0.2) is 30.3 Å². The number of ether oxygens (including phenoxy) is 2. The van der Waals surface area contributed by atoms with E-state index in [1.54, 1.807) is 12.1 Å². The first-order valence-corrected chi connectivity index (χ1v) is 9.19. The second-order valence-electron chi connectivity index (χ2n) is 6.88. The van der Waals surface area contributed by atoms with Gasteiger partial charge >= 0.3 is 0 Å². The molecule has 0 spiro atoms. The van der Waals surface area contributed by atoms with Gasteiger partial charge in [-0.05, 0) is 30.9 Å². The van der Waals surface area contributed by atoms with E-state index in [4.69, 9.17) is 19.7 Å². The molecule has 2 fully saturated rings. The molecule has 0 amide bonds. The van der Waals surface area contributed by atoms with Gasteiger partial charge in [-0.1, -0.05) is 25.1 Å². The number of benzene rings is 1. The normalized spacial score (nSPS) is 26.8.